The van der Waals surface area contributed by atoms with Crippen LogP contribution in [-0.2, 0) is 13.0 Å². The Morgan fingerprint density at radius 1 is 0.457 bits per heavy atom. The van der Waals surface area contributed by atoms with Gasteiger partial charge in [-0.2, -0.15) is 0 Å². The number of aliphatic hydroxyl groups is 1. The average molecular weight is 458 g/mol. The van der Waals surface area contributed by atoms with Crippen LogP contribution in [0.25, 0.3) is 11.1 Å². The van der Waals surface area contributed by atoms with E-state index in [0.717, 1.165) is 29.0 Å². The number of aryl methyl sites for hydroxylation is 1. The van der Waals surface area contributed by atoms with E-state index in [-0.39, 0.29) is 6.61 Å². The lowest BCUT2D eigenvalue weighted by Gasteiger charge is -2.25. The first kappa shape index (κ1) is 24.0. The fourth-order valence-electron chi connectivity index (χ4n) is 3.92. The molecule has 0 saturated heterocycles. The largest absolute Gasteiger partial charge is 0.392 e. The molecular formula is C33H31NO. The molecule has 174 valence electrons. The Labute approximate surface area is 208 Å². The van der Waals surface area contributed by atoms with Crippen molar-refractivity contribution in [3.8, 4) is 11.1 Å². The molecule has 1 N–H and O–H groups in total. The number of benzene rings is 5. The lowest BCUT2D eigenvalue weighted by Crippen LogP contribution is -2.09. The topological polar surface area (TPSA) is 23.5 Å². The molecule has 0 radical (unpaired) electrons. The van der Waals surface area contributed by atoms with Crippen molar-refractivity contribution in [3.63, 3.8) is 0 Å². The molecule has 5 aromatic carbocycles. The molecule has 0 aliphatic rings. The van der Waals surface area contributed by atoms with Gasteiger partial charge >= 0.3 is 0 Å². The summed E-state index contributed by atoms with van der Waals surface area (Å²) in [5, 5.41) is 9.19. The molecule has 0 heterocycles. The summed E-state index contributed by atoms with van der Waals surface area (Å²) < 4.78 is 0. The maximum Gasteiger partial charge on any atom is 0.0681 e. The number of para-hydroxylation sites is 2. The van der Waals surface area contributed by atoms with E-state index in [2.05, 4.69) is 84.6 Å². The van der Waals surface area contributed by atoms with Crippen LogP contribution in [-0.4, -0.2) is 5.11 Å². The molecule has 35 heavy (non-hydrogen) atoms. The predicted octanol–water partition coefficient (Wildman–Crippen LogP) is 8.56. The Morgan fingerprint density at radius 2 is 0.857 bits per heavy atom. The van der Waals surface area contributed by atoms with Crippen molar-refractivity contribution in [2.45, 2.75) is 20.0 Å². The predicted molar refractivity (Wildman–Crippen MR) is 148 cm³/mol. The van der Waals surface area contributed by atoms with Crippen LogP contribution >= 0.6 is 0 Å². The van der Waals surface area contributed by atoms with Gasteiger partial charge in [0.1, 0.15) is 0 Å². The highest BCUT2D eigenvalue weighted by molar-refractivity contribution is 5.76. The molecule has 0 aliphatic heterocycles. The van der Waals surface area contributed by atoms with Crippen LogP contribution in [0.3, 0.4) is 0 Å². The van der Waals surface area contributed by atoms with Gasteiger partial charge in [-0.05, 0) is 65.1 Å². The zero-order valence-corrected chi connectivity index (χ0v) is 20.1. The van der Waals surface area contributed by atoms with Gasteiger partial charge < -0.3 is 10.0 Å². The Kier molecular flexibility index (Phi) is 8.47. The van der Waals surface area contributed by atoms with E-state index in [1.54, 1.807) is 0 Å². The molecule has 0 fully saturated rings. The summed E-state index contributed by atoms with van der Waals surface area (Å²) in [7, 11) is 0. The lowest BCUT2D eigenvalue weighted by atomic mass is 10.0. The van der Waals surface area contributed by atoms with E-state index in [1.807, 2.05) is 66.7 Å². The minimum atomic E-state index is 0.0664. The fraction of sp³-hybridized carbons (Fsp3) is 0.0909. The van der Waals surface area contributed by atoms with E-state index in [9.17, 15) is 5.11 Å². The standard InChI is InChI=1S/C19H17NO.C14H14/c21-15-16-11-13-19(14-12-16)20(17-7-3-1-4-8-17)18-9-5-2-6-10-18;1-2-12-8-10-14(11-9-12)13-6-4-3-5-7-13/h1-14,21H,15H2;3-11H,2H2,1H3. The van der Waals surface area contributed by atoms with Crippen LogP contribution in [0, 0.1) is 0 Å². The van der Waals surface area contributed by atoms with Crippen molar-refractivity contribution in [2.75, 3.05) is 4.90 Å². The molecule has 2 nitrogen and oxygen atoms in total. The minimum absolute atomic E-state index is 0.0664. The number of hydrogen-bond donors (Lipinski definition) is 1. The SMILES string of the molecule is CCc1ccc(-c2ccccc2)cc1.OCc1ccc(N(c2ccccc2)c2ccccc2)cc1. The second kappa shape index (κ2) is 12.4. The van der Waals surface area contributed by atoms with E-state index in [4.69, 9.17) is 0 Å². The van der Waals surface area contributed by atoms with Gasteiger partial charge in [0.15, 0.2) is 0 Å². The number of aliphatic hydroxyl groups excluding tert-OH is 1. The van der Waals surface area contributed by atoms with Crippen molar-refractivity contribution in [3.05, 3.63) is 151 Å². The molecule has 5 aromatic rings. The molecule has 0 atom stereocenters. The molecule has 0 unspecified atom stereocenters. The molecule has 0 aromatic heterocycles. The normalized spacial score (nSPS) is 10.2. The average Bonchev–Trinajstić information content (AvgIpc) is 2.96. The molecule has 0 bridgehead atoms. The van der Waals surface area contributed by atoms with Gasteiger partial charge in [0, 0.05) is 17.1 Å². The molecule has 0 aliphatic carbocycles. The molecule has 0 amide bonds. The highest BCUT2D eigenvalue weighted by atomic mass is 16.3. The number of rotatable bonds is 6. The van der Waals surface area contributed by atoms with E-state index in [1.165, 1.54) is 16.7 Å². The lowest BCUT2D eigenvalue weighted by molar-refractivity contribution is 0.282. The molecule has 0 saturated carbocycles. The second-order valence-electron chi connectivity index (χ2n) is 8.25. The van der Waals surface area contributed by atoms with Crippen molar-refractivity contribution in [1.82, 2.24) is 0 Å². The van der Waals surface area contributed by atoms with Crippen LogP contribution < -0.4 is 4.90 Å². The van der Waals surface area contributed by atoms with Gasteiger partial charge in [-0.15, -0.1) is 0 Å². The molecule has 0 spiro atoms. The van der Waals surface area contributed by atoms with Gasteiger partial charge in [-0.25, -0.2) is 0 Å². The Balaban J connectivity index is 0.000000179. The van der Waals surface area contributed by atoms with Crippen LogP contribution in [0.2, 0.25) is 0 Å². The fourth-order valence-corrected chi connectivity index (χ4v) is 3.92. The van der Waals surface area contributed by atoms with Gasteiger partial charge in [0.2, 0.25) is 0 Å². The first-order valence-electron chi connectivity index (χ1n) is 12.0. The Hall–Kier alpha value is -4.14. The minimum Gasteiger partial charge on any atom is -0.392 e. The summed E-state index contributed by atoms with van der Waals surface area (Å²) in [4.78, 5) is 2.20. The van der Waals surface area contributed by atoms with Gasteiger partial charge in [0.25, 0.3) is 0 Å². The second-order valence-corrected chi connectivity index (χ2v) is 8.25. The summed E-state index contributed by atoms with van der Waals surface area (Å²) in [5.74, 6) is 0. The number of anilines is 3. The van der Waals surface area contributed by atoms with E-state index < -0.39 is 0 Å². The number of nitrogens with zero attached hydrogens (tertiary/aromatic N) is 1. The maximum absolute atomic E-state index is 9.19. The quantitative estimate of drug-likeness (QED) is 0.276. The Morgan fingerprint density at radius 3 is 1.31 bits per heavy atom. The van der Waals surface area contributed by atoms with Crippen molar-refractivity contribution in [2.24, 2.45) is 0 Å². The smallest absolute Gasteiger partial charge is 0.0681 e. The van der Waals surface area contributed by atoms with E-state index in [0.29, 0.717) is 0 Å². The zero-order chi connectivity index (χ0) is 24.3. The van der Waals surface area contributed by atoms with Crippen molar-refractivity contribution < 1.29 is 5.11 Å². The van der Waals surface area contributed by atoms with Gasteiger partial charge in [-0.1, -0.05) is 110 Å². The maximum atomic E-state index is 9.19. The molecular weight excluding hydrogens is 426 g/mol. The first-order valence-corrected chi connectivity index (χ1v) is 12.0. The first-order chi connectivity index (χ1) is 17.3. The van der Waals surface area contributed by atoms with Crippen LogP contribution in [0.1, 0.15) is 18.1 Å². The van der Waals surface area contributed by atoms with Gasteiger partial charge in [-0.3, -0.25) is 0 Å². The Bertz CT molecular complexity index is 1230. The summed E-state index contributed by atoms with van der Waals surface area (Å²) in [6, 6.07) is 47.7. The highest BCUT2D eigenvalue weighted by Crippen LogP contribution is 2.34. The third-order valence-electron chi connectivity index (χ3n) is 5.88. The van der Waals surface area contributed by atoms with Crippen LogP contribution in [0.5, 0.6) is 0 Å². The monoisotopic (exact) mass is 457 g/mol. The third-order valence-corrected chi connectivity index (χ3v) is 5.88. The van der Waals surface area contributed by atoms with Crippen molar-refractivity contribution in [1.29, 1.82) is 0 Å². The third kappa shape index (κ3) is 6.47. The van der Waals surface area contributed by atoms with Crippen LogP contribution in [0.15, 0.2) is 140 Å². The highest BCUT2D eigenvalue weighted by Gasteiger charge is 2.11. The zero-order valence-electron chi connectivity index (χ0n) is 20.1. The summed E-state index contributed by atoms with van der Waals surface area (Å²) in [5.41, 5.74) is 8.19. The summed E-state index contributed by atoms with van der Waals surface area (Å²) in [6.45, 7) is 2.24. The number of hydrogen-bond acceptors (Lipinski definition) is 2. The molecule has 5 rings (SSSR count). The van der Waals surface area contributed by atoms with Crippen molar-refractivity contribution >= 4 is 17.1 Å². The van der Waals surface area contributed by atoms with Crippen LogP contribution in [0.4, 0.5) is 17.1 Å². The summed E-state index contributed by atoms with van der Waals surface area (Å²) >= 11 is 0. The van der Waals surface area contributed by atoms with Gasteiger partial charge in [0.05, 0.1) is 6.61 Å². The molecule has 2 heteroatoms. The van der Waals surface area contributed by atoms with E-state index >= 15 is 0 Å². The summed E-state index contributed by atoms with van der Waals surface area (Å²) in [6.07, 6.45) is 1.11.